The maximum atomic E-state index is 6.01. The fraction of sp³-hybridized carbons (Fsp3) is 0.300. The molecule has 3 aromatic rings. The highest BCUT2D eigenvalue weighted by molar-refractivity contribution is 5.57. The molecular formula is C20H20N4O2. The summed E-state index contributed by atoms with van der Waals surface area (Å²) in [5.41, 5.74) is 4.04. The SMILES string of the molecule is c1ccc(-c2cn(-c3ccc(CO[C@@H]4CNC[C@H]5O[C@H]45)cc3)nn2)cc1. The Balaban J connectivity index is 1.24. The van der Waals surface area contributed by atoms with Gasteiger partial charge >= 0.3 is 0 Å². The molecule has 6 heteroatoms. The second-order valence-electron chi connectivity index (χ2n) is 6.73. The monoisotopic (exact) mass is 348 g/mol. The molecule has 1 N–H and O–H groups in total. The predicted molar refractivity (Wildman–Crippen MR) is 96.9 cm³/mol. The number of hydrogen-bond acceptors (Lipinski definition) is 5. The van der Waals surface area contributed by atoms with E-state index in [4.69, 9.17) is 9.47 Å². The number of fused-ring (bicyclic) bond motifs is 1. The van der Waals surface area contributed by atoms with Crippen LogP contribution in [0.2, 0.25) is 0 Å². The minimum atomic E-state index is 0.150. The molecule has 2 aliphatic rings. The number of nitrogens with zero attached hydrogens (tertiary/aromatic N) is 3. The van der Waals surface area contributed by atoms with E-state index in [-0.39, 0.29) is 12.2 Å². The normalized spacial score (nSPS) is 24.2. The Morgan fingerprint density at radius 2 is 1.92 bits per heavy atom. The van der Waals surface area contributed by atoms with Gasteiger partial charge in [-0.3, -0.25) is 0 Å². The minimum absolute atomic E-state index is 0.150. The molecule has 132 valence electrons. The van der Waals surface area contributed by atoms with Crippen molar-refractivity contribution in [3.63, 3.8) is 0 Å². The average Bonchev–Trinajstić information content (AvgIpc) is 3.34. The van der Waals surface area contributed by atoms with Crippen LogP contribution in [0, 0.1) is 0 Å². The molecule has 0 unspecified atom stereocenters. The lowest BCUT2D eigenvalue weighted by Crippen LogP contribution is -2.41. The lowest BCUT2D eigenvalue weighted by Gasteiger charge is -2.20. The molecule has 0 aliphatic carbocycles. The van der Waals surface area contributed by atoms with Crippen LogP contribution in [0.3, 0.4) is 0 Å². The number of aromatic nitrogens is 3. The summed E-state index contributed by atoms with van der Waals surface area (Å²) >= 11 is 0. The van der Waals surface area contributed by atoms with Gasteiger partial charge in [-0.15, -0.1) is 5.10 Å². The summed E-state index contributed by atoms with van der Waals surface area (Å²) in [6.45, 7) is 2.40. The third-order valence-corrected chi connectivity index (χ3v) is 4.91. The van der Waals surface area contributed by atoms with Crippen LogP contribution < -0.4 is 5.32 Å². The van der Waals surface area contributed by atoms with E-state index in [0.717, 1.165) is 35.6 Å². The molecule has 2 aliphatic heterocycles. The van der Waals surface area contributed by atoms with E-state index in [1.165, 1.54) is 0 Å². The molecule has 26 heavy (non-hydrogen) atoms. The Kier molecular flexibility index (Phi) is 4.01. The van der Waals surface area contributed by atoms with Crippen molar-refractivity contribution in [1.82, 2.24) is 20.3 Å². The van der Waals surface area contributed by atoms with Crippen LogP contribution in [0.5, 0.6) is 0 Å². The fourth-order valence-corrected chi connectivity index (χ4v) is 3.36. The van der Waals surface area contributed by atoms with E-state index in [2.05, 4.69) is 27.8 Å². The summed E-state index contributed by atoms with van der Waals surface area (Å²) in [6.07, 6.45) is 2.72. The molecule has 3 heterocycles. The van der Waals surface area contributed by atoms with Crippen molar-refractivity contribution in [2.75, 3.05) is 13.1 Å². The number of epoxide rings is 1. The lowest BCUT2D eigenvalue weighted by molar-refractivity contribution is 0.0211. The Labute approximate surface area is 151 Å². The molecule has 2 aromatic carbocycles. The molecule has 3 atom stereocenters. The zero-order chi connectivity index (χ0) is 17.3. The number of piperidine rings is 1. The number of ether oxygens (including phenoxy) is 2. The van der Waals surface area contributed by atoms with Crippen LogP contribution in [0.1, 0.15) is 5.56 Å². The Morgan fingerprint density at radius 1 is 1.08 bits per heavy atom. The van der Waals surface area contributed by atoms with Gasteiger partial charge in [-0.1, -0.05) is 47.7 Å². The number of hydrogen-bond donors (Lipinski definition) is 1. The van der Waals surface area contributed by atoms with Crippen molar-refractivity contribution in [2.45, 2.75) is 24.9 Å². The van der Waals surface area contributed by atoms with Gasteiger partial charge in [0.15, 0.2) is 0 Å². The van der Waals surface area contributed by atoms with Gasteiger partial charge in [0.05, 0.1) is 30.7 Å². The van der Waals surface area contributed by atoms with Gasteiger partial charge in [0.1, 0.15) is 11.8 Å². The number of rotatable bonds is 5. The molecule has 0 radical (unpaired) electrons. The summed E-state index contributed by atoms with van der Waals surface area (Å²) in [4.78, 5) is 0. The molecule has 1 aromatic heterocycles. The first-order valence-electron chi connectivity index (χ1n) is 8.92. The summed E-state index contributed by atoms with van der Waals surface area (Å²) < 4.78 is 13.4. The summed E-state index contributed by atoms with van der Waals surface area (Å²) in [5.74, 6) is 0. The van der Waals surface area contributed by atoms with Gasteiger partial charge < -0.3 is 14.8 Å². The third-order valence-electron chi connectivity index (χ3n) is 4.91. The summed E-state index contributed by atoms with van der Waals surface area (Å²) in [7, 11) is 0. The molecule has 0 bridgehead atoms. The van der Waals surface area contributed by atoms with Gasteiger partial charge in [-0.2, -0.15) is 0 Å². The second-order valence-corrected chi connectivity index (χ2v) is 6.73. The van der Waals surface area contributed by atoms with Crippen LogP contribution in [0.25, 0.3) is 16.9 Å². The number of benzene rings is 2. The van der Waals surface area contributed by atoms with E-state index in [1.807, 2.05) is 48.7 Å². The van der Waals surface area contributed by atoms with E-state index < -0.39 is 0 Å². The van der Waals surface area contributed by atoms with Crippen molar-refractivity contribution < 1.29 is 9.47 Å². The van der Waals surface area contributed by atoms with E-state index in [1.54, 1.807) is 4.68 Å². The van der Waals surface area contributed by atoms with Crippen molar-refractivity contribution in [3.8, 4) is 16.9 Å². The molecule has 0 spiro atoms. The van der Waals surface area contributed by atoms with Crippen LogP contribution in [0.4, 0.5) is 0 Å². The van der Waals surface area contributed by atoms with Crippen molar-refractivity contribution in [2.24, 2.45) is 0 Å². The highest BCUT2D eigenvalue weighted by Crippen LogP contribution is 2.29. The molecule has 2 saturated heterocycles. The quantitative estimate of drug-likeness (QED) is 0.716. The van der Waals surface area contributed by atoms with Crippen molar-refractivity contribution in [3.05, 3.63) is 66.4 Å². The van der Waals surface area contributed by atoms with E-state index >= 15 is 0 Å². The van der Waals surface area contributed by atoms with Gasteiger partial charge in [-0.05, 0) is 17.7 Å². The highest BCUT2D eigenvalue weighted by atomic mass is 16.6. The molecule has 6 nitrogen and oxygen atoms in total. The van der Waals surface area contributed by atoms with Crippen LogP contribution in [0.15, 0.2) is 60.8 Å². The zero-order valence-electron chi connectivity index (χ0n) is 14.3. The van der Waals surface area contributed by atoms with Gasteiger partial charge in [0.2, 0.25) is 0 Å². The van der Waals surface area contributed by atoms with Gasteiger partial charge in [-0.25, -0.2) is 4.68 Å². The van der Waals surface area contributed by atoms with E-state index in [0.29, 0.717) is 12.7 Å². The maximum Gasteiger partial charge on any atom is 0.113 e. The van der Waals surface area contributed by atoms with Gasteiger partial charge in [0, 0.05) is 18.7 Å². The lowest BCUT2D eigenvalue weighted by atomic mass is 10.1. The first kappa shape index (κ1) is 15.7. The van der Waals surface area contributed by atoms with Crippen molar-refractivity contribution >= 4 is 0 Å². The predicted octanol–water partition coefficient (Wildman–Crippen LogP) is 2.19. The largest absolute Gasteiger partial charge is 0.369 e. The highest BCUT2D eigenvalue weighted by Gasteiger charge is 2.48. The van der Waals surface area contributed by atoms with Crippen LogP contribution in [-0.2, 0) is 16.1 Å². The van der Waals surface area contributed by atoms with Crippen LogP contribution in [-0.4, -0.2) is 46.4 Å². The Hall–Kier alpha value is -2.54. The molecule has 0 amide bonds. The molecular weight excluding hydrogens is 328 g/mol. The summed E-state index contributed by atoms with van der Waals surface area (Å²) in [5, 5.41) is 11.8. The van der Waals surface area contributed by atoms with Crippen molar-refractivity contribution in [1.29, 1.82) is 0 Å². The smallest absolute Gasteiger partial charge is 0.113 e. The third kappa shape index (κ3) is 3.14. The standard InChI is InChI=1S/C20H20N4O2/c1-2-4-15(5-3-1)17-12-24(23-22-17)16-8-6-14(7-9-16)13-25-18-10-21-11-19-20(18)26-19/h1-9,12,18-21H,10-11,13H2/t18-,19-,20-/m1/s1. The number of nitrogens with one attached hydrogen (secondary N) is 1. The molecule has 5 rings (SSSR count). The first-order chi connectivity index (χ1) is 12.9. The zero-order valence-corrected chi connectivity index (χ0v) is 14.3. The Morgan fingerprint density at radius 3 is 2.77 bits per heavy atom. The molecule has 0 saturated carbocycles. The second kappa shape index (κ2) is 6.64. The van der Waals surface area contributed by atoms with E-state index in [9.17, 15) is 0 Å². The topological polar surface area (TPSA) is 64.5 Å². The Bertz CT molecular complexity index is 878. The maximum absolute atomic E-state index is 6.01. The summed E-state index contributed by atoms with van der Waals surface area (Å²) in [6, 6.07) is 18.3. The minimum Gasteiger partial charge on any atom is -0.369 e. The fourth-order valence-electron chi connectivity index (χ4n) is 3.36. The molecule has 2 fully saturated rings. The average molecular weight is 348 g/mol. The van der Waals surface area contributed by atoms with Crippen LogP contribution >= 0.6 is 0 Å². The first-order valence-corrected chi connectivity index (χ1v) is 8.92. The van der Waals surface area contributed by atoms with Gasteiger partial charge in [0.25, 0.3) is 0 Å².